The van der Waals surface area contributed by atoms with Crippen molar-refractivity contribution in [2.45, 2.75) is 65.5 Å². The number of nitrogens with two attached hydrogens (primary N) is 1. The van der Waals surface area contributed by atoms with Crippen LogP contribution in [0, 0.1) is 6.92 Å². The molecule has 0 saturated carbocycles. The molecule has 0 fully saturated rings. The standard InChI is InChI=1S/C24H35N5O4Si/c1-6-7-10-33-24-27-19-17(13-18-16(2)8-9-26-20(18)23(30)31)14-29(21(19)22(25)28-24)15-32-11-12-34(3,4)5/h8-9,14H,6-7,10-13,15H2,1-5H3,(H,30,31)(H2,25,27,28). The second-order valence-corrected chi connectivity index (χ2v) is 15.3. The Morgan fingerprint density at radius 3 is 2.68 bits per heavy atom. The average molecular weight is 486 g/mol. The minimum absolute atomic E-state index is 0.0359. The summed E-state index contributed by atoms with van der Waals surface area (Å²) in [5.74, 6) is -0.757. The van der Waals surface area contributed by atoms with Crippen LogP contribution < -0.4 is 10.5 Å². The molecule has 0 spiro atoms. The summed E-state index contributed by atoms with van der Waals surface area (Å²) in [4.78, 5) is 24.9. The number of hydrogen-bond acceptors (Lipinski definition) is 7. The number of hydrogen-bond donors (Lipinski definition) is 2. The van der Waals surface area contributed by atoms with E-state index >= 15 is 0 Å². The van der Waals surface area contributed by atoms with Gasteiger partial charge in [0.25, 0.3) is 0 Å². The molecule has 0 aromatic carbocycles. The number of aromatic nitrogens is 4. The van der Waals surface area contributed by atoms with Gasteiger partial charge < -0.3 is 24.9 Å². The van der Waals surface area contributed by atoms with Gasteiger partial charge in [-0.05, 0) is 36.6 Å². The first kappa shape index (κ1) is 25.6. The lowest BCUT2D eigenvalue weighted by atomic mass is 10.0. The molecule has 184 valence electrons. The summed E-state index contributed by atoms with van der Waals surface area (Å²) in [5.41, 5.74) is 9.97. The minimum Gasteiger partial charge on any atom is -0.477 e. The second-order valence-electron chi connectivity index (χ2n) is 9.70. The van der Waals surface area contributed by atoms with E-state index < -0.39 is 14.0 Å². The maximum absolute atomic E-state index is 11.8. The van der Waals surface area contributed by atoms with Crippen LogP contribution in [0.15, 0.2) is 18.5 Å². The Kier molecular flexibility index (Phi) is 8.27. The van der Waals surface area contributed by atoms with Crippen LogP contribution in [0.4, 0.5) is 5.82 Å². The number of aryl methyl sites for hydroxylation is 1. The van der Waals surface area contributed by atoms with Crippen LogP contribution in [0.3, 0.4) is 0 Å². The van der Waals surface area contributed by atoms with Crippen molar-refractivity contribution in [3.05, 3.63) is 40.8 Å². The number of aromatic carboxylic acids is 1. The zero-order valence-corrected chi connectivity index (χ0v) is 21.7. The molecule has 0 radical (unpaired) electrons. The summed E-state index contributed by atoms with van der Waals surface area (Å²) >= 11 is 0. The summed E-state index contributed by atoms with van der Waals surface area (Å²) in [6.45, 7) is 12.4. The van der Waals surface area contributed by atoms with Gasteiger partial charge in [-0.25, -0.2) is 9.78 Å². The number of carboxylic acid groups (broad SMARTS) is 1. The van der Waals surface area contributed by atoms with Crippen molar-refractivity contribution in [2.24, 2.45) is 0 Å². The van der Waals surface area contributed by atoms with E-state index in [-0.39, 0.29) is 11.7 Å². The van der Waals surface area contributed by atoms with Crippen molar-refractivity contribution in [2.75, 3.05) is 18.9 Å². The zero-order valence-electron chi connectivity index (χ0n) is 20.7. The van der Waals surface area contributed by atoms with E-state index in [0.717, 1.165) is 30.0 Å². The number of anilines is 1. The van der Waals surface area contributed by atoms with E-state index in [1.165, 1.54) is 6.20 Å². The van der Waals surface area contributed by atoms with Crippen molar-refractivity contribution in [1.82, 2.24) is 19.5 Å². The highest BCUT2D eigenvalue weighted by Gasteiger charge is 2.21. The number of nitrogens with zero attached hydrogens (tertiary/aromatic N) is 4. The van der Waals surface area contributed by atoms with Crippen molar-refractivity contribution in [3.8, 4) is 6.01 Å². The number of rotatable bonds is 12. The van der Waals surface area contributed by atoms with Gasteiger partial charge in [-0.15, -0.1) is 0 Å². The number of ether oxygens (including phenoxy) is 2. The highest BCUT2D eigenvalue weighted by Crippen LogP contribution is 2.29. The first-order valence-corrected chi connectivity index (χ1v) is 15.3. The minimum atomic E-state index is -1.22. The lowest BCUT2D eigenvalue weighted by molar-refractivity contribution is 0.0689. The van der Waals surface area contributed by atoms with Crippen LogP contribution in [-0.2, 0) is 17.9 Å². The second kappa shape index (κ2) is 11.0. The molecule has 3 N–H and O–H groups in total. The Morgan fingerprint density at radius 2 is 2.00 bits per heavy atom. The molecule has 0 aliphatic heterocycles. The number of carboxylic acids is 1. The number of nitrogen functional groups attached to an aromatic ring is 1. The van der Waals surface area contributed by atoms with Crippen molar-refractivity contribution in [3.63, 3.8) is 0 Å². The van der Waals surface area contributed by atoms with E-state index in [1.54, 1.807) is 0 Å². The lowest BCUT2D eigenvalue weighted by Gasteiger charge is -2.16. The van der Waals surface area contributed by atoms with Crippen LogP contribution in [-0.4, -0.2) is 51.9 Å². The molecule has 0 atom stereocenters. The summed E-state index contributed by atoms with van der Waals surface area (Å²) in [7, 11) is -1.22. The molecule has 0 amide bonds. The third-order valence-electron chi connectivity index (χ3n) is 5.61. The Bertz CT molecular complexity index is 1160. The fraction of sp³-hybridized carbons (Fsp3) is 0.500. The van der Waals surface area contributed by atoms with Crippen LogP contribution in [0.25, 0.3) is 11.0 Å². The molecule has 3 heterocycles. The maximum Gasteiger partial charge on any atom is 0.354 e. The Labute approximate surface area is 201 Å². The first-order chi connectivity index (χ1) is 16.1. The largest absolute Gasteiger partial charge is 0.477 e. The van der Waals surface area contributed by atoms with E-state index in [4.69, 9.17) is 15.2 Å². The van der Waals surface area contributed by atoms with Gasteiger partial charge in [0.15, 0.2) is 11.5 Å². The SMILES string of the molecule is CCCCOc1nc(N)c2c(n1)c(Cc1c(C)ccnc1C(=O)O)cn2COCC[Si](C)(C)C. The maximum atomic E-state index is 11.8. The topological polar surface area (TPSA) is 125 Å². The molecule has 34 heavy (non-hydrogen) atoms. The highest BCUT2D eigenvalue weighted by molar-refractivity contribution is 6.76. The van der Waals surface area contributed by atoms with E-state index in [2.05, 4.69) is 41.5 Å². The zero-order chi connectivity index (χ0) is 24.9. The van der Waals surface area contributed by atoms with Crippen molar-refractivity contribution < 1.29 is 19.4 Å². The predicted molar refractivity (Wildman–Crippen MR) is 135 cm³/mol. The molecule has 0 aliphatic carbocycles. The van der Waals surface area contributed by atoms with Crippen molar-refractivity contribution >= 4 is 30.9 Å². The monoisotopic (exact) mass is 485 g/mol. The highest BCUT2D eigenvalue weighted by atomic mass is 28.3. The van der Waals surface area contributed by atoms with Gasteiger partial charge in [0.1, 0.15) is 17.8 Å². The molecule has 10 heteroatoms. The average Bonchev–Trinajstić information content (AvgIpc) is 3.10. The molecule has 3 aromatic heterocycles. The van der Waals surface area contributed by atoms with Crippen LogP contribution in [0.2, 0.25) is 25.7 Å². The Morgan fingerprint density at radius 1 is 1.24 bits per heavy atom. The van der Waals surface area contributed by atoms with Gasteiger partial charge in [-0.1, -0.05) is 33.0 Å². The third kappa shape index (κ3) is 6.32. The summed E-state index contributed by atoms with van der Waals surface area (Å²) in [6, 6.07) is 3.08. The van der Waals surface area contributed by atoms with Gasteiger partial charge in [0, 0.05) is 39.1 Å². The van der Waals surface area contributed by atoms with Crippen LogP contribution >= 0.6 is 0 Å². The van der Waals surface area contributed by atoms with E-state index in [0.29, 0.717) is 48.8 Å². The summed E-state index contributed by atoms with van der Waals surface area (Å²) < 4.78 is 13.6. The summed E-state index contributed by atoms with van der Waals surface area (Å²) in [6.07, 6.45) is 5.64. The van der Waals surface area contributed by atoms with E-state index in [9.17, 15) is 9.90 Å². The number of carbonyl (C=O) groups is 1. The first-order valence-electron chi connectivity index (χ1n) is 11.6. The predicted octanol–water partition coefficient (Wildman–Crippen LogP) is 4.50. The van der Waals surface area contributed by atoms with Crippen molar-refractivity contribution in [1.29, 1.82) is 0 Å². The number of unbranched alkanes of at least 4 members (excludes halogenated alkanes) is 1. The molecule has 0 bridgehead atoms. The lowest BCUT2D eigenvalue weighted by Crippen LogP contribution is -2.22. The van der Waals surface area contributed by atoms with Gasteiger partial charge in [0.2, 0.25) is 0 Å². The Balaban J connectivity index is 2.01. The van der Waals surface area contributed by atoms with E-state index in [1.807, 2.05) is 23.8 Å². The molecule has 9 nitrogen and oxygen atoms in total. The van der Waals surface area contributed by atoms with Crippen LogP contribution in [0.5, 0.6) is 6.01 Å². The quantitative estimate of drug-likeness (QED) is 0.284. The smallest absolute Gasteiger partial charge is 0.354 e. The molecule has 3 aromatic rings. The Hall–Kier alpha value is -2.98. The van der Waals surface area contributed by atoms with Gasteiger partial charge in [0.05, 0.1) is 6.61 Å². The summed E-state index contributed by atoms with van der Waals surface area (Å²) in [5, 5.41) is 9.65. The third-order valence-corrected chi connectivity index (χ3v) is 7.31. The number of pyridine rings is 1. The molecular weight excluding hydrogens is 450 g/mol. The fourth-order valence-corrected chi connectivity index (χ4v) is 4.36. The molecular formula is C24H35N5O4Si. The molecule has 3 rings (SSSR count). The van der Waals surface area contributed by atoms with Gasteiger partial charge in [-0.2, -0.15) is 9.97 Å². The van der Waals surface area contributed by atoms with Gasteiger partial charge >= 0.3 is 12.0 Å². The normalized spacial score (nSPS) is 11.8. The molecule has 0 unspecified atom stereocenters. The number of fused-ring (bicyclic) bond motifs is 1. The molecule has 0 saturated heterocycles. The van der Waals surface area contributed by atoms with Gasteiger partial charge in [-0.3, -0.25) is 0 Å². The fourth-order valence-electron chi connectivity index (χ4n) is 3.60. The molecule has 0 aliphatic rings. The van der Waals surface area contributed by atoms with Crippen LogP contribution in [0.1, 0.15) is 46.9 Å².